The van der Waals surface area contributed by atoms with Gasteiger partial charge in [-0.25, -0.2) is 5.84 Å². The number of likely N-dealkylation sites (N-methyl/N-ethyl adjacent to an activating group) is 1. The van der Waals surface area contributed by atoms with Crippen molar-refractivity contribution in [3.8, 4) is 0 Å². The summed E-state index contributed by atoms with van der Waals surface area (Å²) < 4.78 is 5.05. The molecule has 0 aliphatic carbocycles. The van der Waals surface area contributed by atoms with Crippen LogP contribution in [0.25, 0.3) is 0 Å². The van der Waals surface area contributed by atoms with Gasteiger partial charge in [-0.2, -0.15) is 0 Å². The lowest BCUT2D eigenvalue weighted by Gasteiger charge is -2.22. The summed E-state index contributed by atoms with van der Waals surface area (Å²) in [4.78, 5) is 14.0. The molecule has 1 aromatic carbocycles. The van der Waals surface area contributed by atoms with Gasteiger partial charge >= 0.3 is 0 Å². The van der Waals surface area contributed by atoms with Gasteiger partial charge in [0.2, 0.25) is 5.91 Å². The van der Waals surface area contributed by atoms with Crippen LogP contribution in [0.2, 0.25) is 0 Å². The van der Waals surface area contributed by atoms with Gasteiger partial charge in [-0.3, -0.25) is 10.2 Å². The number of amides is 1. The minimum absolute atomic E-state index is 0.185. The van der Waals surface area contributed by atoms with Gasteiger partial charge in [0.1, 0.15) is 0 Å². The van der Waals surface area contributed by atoms with Crippen molar-refractivity contribution < 1.29 is 9.21 Å². The fourth-order valence-electron chi connectivity index (χ4n) is 2.20. The normalized spacial score (nSPS) is 12.3. The molecule has 5 heteroatoms. The molecule has 0 fully saturated rings. The van der Waals surface area contributed by atoms with Gasteiger partial charge in [-0.1, -0.05) is 30.3 Å². The van der Waals surface area contributed by atoms with E-state index in [-0.39, 0.29) is 11.8 Å². The van der Waals surface area contributed by atoms with Gasteiger partial charge < -0.3 is 9.32 Å². The third kappa shape index (κ3) is 3.69. The molecule has 0 aliphatic heterocycles. The molecule has 0 spiro atoms. The van der Waals surface area contributed by atoms with Gasteiger partial charge in [0.05, 0.1) is 18.4 Å². The fourth-order valence-corrected chi connectivity index (χ4v) is 2.20. The minimum atomic E-state index is -0.293. The van der Waals surface area contributed by atoms with Crippen molar-refractivity contribution in [1.29, 1.82) is 0 Å². The summed E-state index contributed by atoms with van der Waals surface area (Å²) in [6.45, 7) is 1.30. The molecular formula is C15H19N3O2. The molecule has 0 saturated heterocycles. The van der Waals surface area contributed by atoms with Gasteiger partial charge in [0.15, 0.2) is 0 Å². The highest BCUT2D eigenvalue weighted by molar-refractivity contribution is 5.83. The van der Waals surface area contributed by atoms with Crippen LogP contribution >= 0.6 is 0 Å². The second-order valence-corrected chi connectivity index (χ2v) is 4.80. The molecule has 1 aromatic heterocycles. The summed E-state index contributed by atoms with van der Waals surface area (Å²) in [6, 6.07) is 11.6. The third-order valence-electron chi connectivity index (χ3n) is 3.19. The lowest BCUT2D eigenvalue weighted by Crippen LogP contribution is -2.39. The smallest absolute Gasteiger partial charge is 0.242 e. The molecule has 1 heterocycles. The van der Waals surface area contributed by atoms with Crippen molar-refractivity contribution in [3.63, 3.8) is 0 Å². The molecule has 1 amide bonds. The number of hydrazine groups is 1. The number of carbonyl (C=O) groups excluding carboxylic acids is 1. The molecule has 3 N–H and O–H groups in total. The van der Waals surface area contributed by atoms with E-state index in [9.17, 15) is 4.79 Å². The Hall–Kier alpha value is -2.11. The van der Waals surface area contributed by atoms with Crippen LogP contribution in [-0.4, -0.2) is 24.4 Å². The average Bonchev–Trinajstić information content (AvgIpc) is 2.97. The molecule has 0 aliphatic rings. The molecule has 2 aromatic rings. The van der Waals surface area contributed by atoms with E-state index in [0.29, 0.717) is 6.54 Å². The first kappa shape index (κ1) is 14.3. The number of carbonyl (C=O) groups is 1. The van der Waals surface area contributed by atoms with Crippen LogP contribution in [0.4, 0.5) is 0 Å². The van der Waals surface area contributed by atoms with Gasteiger partial charge in [0, 0.05) is 18.7 Å². The predicted molar refractivity (Wildman–Crippen MR) is 76.6 cm³/mol. The first-order valence-corrected chi connectivity index (χ1v) is 6.45. The summed E-state index contributed by atoms with van der Waals surface area (Å²) >= 11 is 0. The van der Waals surface area contributed by atoms with Crippen molar-refractivity contribution in [1.82, 2.24) is 10.3 Å². The van der Waals surface area contributed by atoms with Crippen LogP contribution in [0, 0.1) is 0 Å². The van der Waals surface area contributed by atoms with Crippen LogP contribution < -0.4 is 11.3 Å². The van der Waals surface area contributed by atoms with Crippen molar-refractivity contribution in [3.05, 3.63) is 60.1 Å². The minimum Gasteiger partial charge on any atom is -0.472 e. The summed E-state index contributed by atoms with van der Waals surface area (Å²) in [6.07, 6.45) is 3.35. The van der Waals surface area contributed by atoms with E-state index in [0.717, 1.165) is 17.7 Å². The number of hydrogen-bond donors (Lipinski definition) is 2. The lowest BCUT2D eigenvalue weighted by molar-refractivity contribution is -0.123. The number of nitrogens with one attached hydrogen (secondary N) is 1. The Morgan fingerprint density at radius 3 is 2.70 bits per heavy atom. The Labute approximate surface area is 118 Å². The predicted octanol–water partition coefficient (Wildman–Crippen LogP) is 1.49. The second-order valence-electron chi connectivity index (χ2n) is 4.80. The highest BCUT2D eigenvalue weighted by Crippen LogP contribution is 2.17. The Morgan fingerprint density at radius 2 is 2.10 bits per heavy atom. The van der Waals surface area contributed by atoms with Crippen molar-refractivity contribution in [2.45, 2.75) is 12.5 Å². The Bertz CT molecular complexity index is 525. The van der Waals surface area contributed by atoms with E-state index in [1.54, 1.807) is 12.5 Å². The Morgan fingerprint density at radius 1 is 1.35 bits per heavy atom. The number of nitrogens with zero attached hydrogens (tertiary/aromatic N) is 1. The molecule has 0 bridgehead atoms. The maximum atomic E-state index is 12.0. The standard InChI is InChI=1S/C15H19N3O2/c1-18(9-12-7-8-20-11-12)10-14(15(19)17-16)13-5-3-2-4-6-13/h2-8,11,14H,9-10,16H2,1H3,(H,17,19). The quantitative estimate of drug-likeness (QED) is 0.475. The molecule has 2 rings (SSSR count). The summed E-state index contributed by atoms with van der Waals surface area (Å²) in [5.41, 5.74) is 4.27. The molecule has 106 valence electrons. The maximum Gasteiger partial charge on any atom is 0.242 e. The molecule has 1 unspecified atom stereocenters. The molecule has 5 nitrogen and oxygen atoms in total. The SMILES string of the molecule is CN(Cc1ccoc1)CC(C(=O)NN)c1ccccc1. The van der Waals surface area contributed by atoms with Gasteiger partial charge in [-0.05, 0) is 18.7 Å². The Balaban J connectivity index is 2.06. The first-order chi connectivity index (χ1) is 9.70. The maximum absolute atomic E-state index is 12.0. The zero-order valence-electron chi connectivity index (χ0n) is 11.5. The number of nitrogens with two attached hydrogens (primary N) is 1. The first-order valence-electron chi connectivity index (χ1n) is 6.45. The molecule has 20 heavy (non-hydrogen) atoms. The number of benzene rings is 1. The van der Waals surface area contributed by atoms with E-state index in [1.807, 2.05) is 43.4 Å². The number of furan rings is 1. The number of rotatable bonds is 6. The monoisotopic (exact) mass is 273 g/mol. The average molecular weight is 273 g/mol. The van der Waals surface area contributed by atoms with Crippen molar-refractivity contribution in [2.75, 3.05) is 13.6 Å². The lowest BCUT2D eigenvalue weighted by atomic mass is 9.98. The largest absolute Gasteiger partial charge is 0.472 e. The van der Waals surface area contributed by atoms with Crippen LogP contribution in [-0.2, 0) is 11.3 Å². The van der Waals surface area contributed by atoms with Crippen molar-refractivity contribution in [2.24, 2.45) is 5.84 Å². The van der Waals surface area contributed by atoms with Crippen LogP contribution in [0.5, 0.6) is 0 Å². The van der Waals surface area contributed by atoms with E-state index in [4.69, 9.17) is 10.3 Å². The van der Waals surface area contributed by atoms with Crippen LogP contribution in [0.15, 0.2) is 53.3 Å². The molecule has 0 radical (unpaired) electrons. The molecular weight excluding hydrogens is 254 g/mol. The highest BCUT2D eigenvalue weighted by atomic mass is 16.3. The zero-order chi connectivity index (χ0) is 14.4. The zero-order valence-corrected chi connectivity index (χ0v) is 11.5. The van der Waals surface area contributed by atoms with Crippen LogP contribution in [0.3, 0.4) is 0 Å². The van der Waals surface area contributed by atoms with Crippen molar-refractivity contribution >= 4 is 5.91 Å². The van der Waals surface area contributed by atoms with Gasteiger partial charge in [0.25, 0.3) is 0 Å². The molecule has 0 saturated carbocycles. The summed E-state index contributed by atoms with van der Waals surface area (Å²) in [7, 11) is 1.97. The van der Waals surface area contributed by atoms with E-state index in [2.05, 4.69) is 10.3 Å². The topological polar surface area (TPSA) is 71.5 Å². The Kier molecular flexibility index (Phi) is 4.92. The number of hydrogen-bond acceptors (Lipinski definition) is 4. The summed E-state index contributed by atoms with van der Waals surface area (Å²) in [5, 5.41) is 0. The second kappa shape index (κ2) is 6.88. The highest BCUT2D eigenvalue weighted by Gasteiger charge is 2.21. The third-order valence-corrected chi connectivity index (χ3v) is 3.19. The van der Waals surface area contributed by atoms with E-state index in [1.165, 1.54) is 0 Å². The fraction of sp³-hybridized carbons (Fsp3) is 0.267. The van der Waals surface area contributed by atoms with Crippen LogP contribution in [0.1, 0.15) is 17.0 Å². The summed E-state index contributed by atoms with van der Waals surface area (Å²) in [5.74, 6) is 4.81. The van der Waals surface area contributed by atoms with E-state index >= 15 is 0 Å². The molecule has 1 atom stereocenters. The van der Waals surface area contributed by atoms with E-state index < -0.39 is 0 Å². The van der Waals surface area contributed by atoms with Gasteiger partial charge in [-0.15, -0.1) is 0 Å².